The molecule has 4 aromatic carbocycles. The highest BCUT2D eigenvalue weighted by Crippen LogP contribution is 2.37. The van der Waals surface area contributed by atoms with Crippen LogP contribution in [0, 0.1) is 0 Å². The summed E-state index contributed by atoms with van der Waals surface area (Å²) in [5.41, 5.74) is 3.83. The van der Waals surface area contributed by atoms with E-state index in [1.54, 1.807) is 41.5 Å². The first-order valence-electron chi connectivity index (χ1n) is 22.6. The Bertz CT molecular complexity index is 2250. The van der Waals surface area contributed by atoms with Gasteiger partial charge in [0, 0.05) is 13.0 Å². The van der Waals surface area contributed by atoms with Gasteiger partial charge in [-0.25, -0.2) is 24.1 Å². The van der Waals surface area contributed by atoms with Crippen LogP contribution in [-0.4, -0.2) is 80.9 Å². The van der Waals surface area contributed by atoms with Crippen LogP contribution in [0.4, 0.5) is 9.59 Å². The van der Waals surface area contributed by atoms with Crippen molar-refractivity contribution in [3.05, 3.63) is 120 Å². The molecule has 0 N–H and O–H groups in total. The number of hydrogen-bond acceptors (Lipinski definition) is 9. The molecule has 2 heterocycles. The second-order valence-corrected chi connectivity index (χ2v) is 20.9. The number of amides is 3. The highest BCUT2D eigenvalue weighted by Gasteiger charge is 2.46. The van der Waals surface area contributed by atoms with E-state index in [-0.39, 0.29) is 30.6 Å². The minimum absolute atomic E-state index is 0.114. The van der Waals surface area contributed by atoms with Crippen molar-refractivity contribution in [1.29, 1.82) is 0 Å². The summed E-state index contributed by atoms with van der Waals surface area (Å²) in [7, 11) is 0. The Hall–Kier alpha value is -5.97. The first kappa shape index (κ1) is 50.0. The van der Waals surface area contributed by atoms with Crippen molar-refractivity contribution >= 4 is 30.0 Å². The molecule has 65 heavy (non-hydrogen) atoms. The highest BCUT2D eigenvalue weighted by atomic mass is 16.6. The predicted molar refractivity (Wildman–Crippen MR) is 253 cm³/mol. The number of piperidine rings is 2. The Morgan fingerprint density at radius 3 is 1.26 bits per heavy atom. The van der Waals surface area contributed by atoms with Crippen molar-refractivity contribution in [1.82, 2.24) is 9.80 Å². The summed E-state index contributed by atoms with van der Waals surface area (Å²) in [5, 5.41) is 0. The zero-order valence-electron chi connectivity index (χ0n) is 40.3. The monoisotopic (exact) mass is 888 g/mol. The van der Waals surface area contributed by atoms with E-state index in [1.165, 1.54) is 16.0 Å². The third kappa shape index (κ3) is 14.8. The number of benzene rings is 4. The Balaban J connectivity index is 0.000000244. The number of ether oxygens (including phenoxy) is 4. The number of esters is 2. The van der Waals surface area contributed by atoms with Gasteiger partial charge < -0.3 is 18.9 Å². The molecule has 11 heteroatoms. The molecular weight excluding hydrogens is 821 g/mol. The van der Waals surface area contributed by atoms with Crippen LogP contribution >= 0.6 is 0 Å². The van der Waals surface area contributed by atoms with E-state index in [2.05, 4.69) is 36.4 Å². The molecule has 11 nitrogen and oxygen atoms in total. The van der Waals surface area contributed by atoms with Gasteiger partial charge in [-0.05, 0) is 148 Å². The summed E-state index contributed by atoms with van der Waals surface area (Å²) < 4.78 is 22.2. The molecule has 0 radical (unpaired) electrons. The Labute approximate surface area is 385 Å². The van der Waals surface area contributed by atoms with Crippen molar-refractivity contribution in [2.75, 3.05) is 6.54 Å². The lowest BCUT2D eigenvalue weighted by Crippen LogP contribution is -2.55. The smallest absolute Gasteiger partial charge is 0.417 e. The fourth-order valence-electron chi connectivity index (χ4n) is 7.86. The molecule has 2 aliphatic rings. The van der Waals surface area contributed by atoms with E-state index in [1.807, 2.05) is 114 Å². The molecule has 4 aromatic rings. The molecule has 0 spiro atoms. The predicted octanol–water partition coefficient (Wildman–Crippen LogP) is 11.9. The third-order valence-corrected chi connectivity index (χ3v) is 10.7. The van der Waals surface area contributed by atoms with E-state index in [0.29, 0.717) is 13.0 Å². The zero-order valence-corrected chi connectivity index (χ0v) is 40.3. The maximum atomic E-state index is 13.1. The zero-order chi connectivity index (χ0) is 47.9. The Morgan fingerprint density at radius 1 is 0.462 bits per heavy atom. The molecule has 0 bridgehead atoms. The number of carbonyl (C=O) groups excluding carboxylic acids is 5. The van der Waals surface area contributed by atoms with Crippen LogP contribution in [-0.2, 0) is 33.3 Å². The molecule has 0 saturated carbocycles. The SMILES string of the molecule is CC(C)(C)OC(=O)[C@H]1C[C@@H](c2ccc(-c3ccccc3)cc2)CC(=O)N1C(=O)OC(C)(C)C.CC(C)(C)OC(=O)[C@H]1C[C@@H](c2ccc(-c3ccccc3)cc2)CCN1C(=O)OC(C)(C)C. The number of carbonyl (C=O) groups is 5. The molecule has 4 atom stereocenters. The number of imide groups is 1. The lowest BCUT2D eigenvalue weighted by molar-refractivity contribution is -0.166. The molecule has 2 fully saturated rings. The van der Waals surface area contributed by atoms with Gasteiger partial charge in [-0.15, -0.1) is 0 Å². The summed E-state index contributed by atoms with van der Waals surface area (Å²) in [6.45, 7) is 21.9. The fourth-order valence-corrected chi connectivity index (χ4v) is 7.86. The molecule has 0 unspecified atom stereocenters. The van der Waals surface area contributed by atoms with Crippen LogP contribution in [0.2, 0.25) is 0 Å². The standard InChI is InChI=1S/C27H33NO5.C27H35NO4/c1-26(2,3)32-24(30)22-16-21(17-23(29)28(22)25(31)33-27(4,5)6)20-14-12-19(13-15-20)18-10-8-7-9-11-18;1-26(2,3)31-24(29)23-18-22(16-17-28(23)25(30)32-27(4,5)6)21-14-12-20(13-15-21)19-10-8-7-9-11-19/h7-15,21-22H,16-17H2,1-6H3;7-15,22-23H,16-18H2,1-6H3/t21-,22-;22-,23+/m10/s1. The number of rotatable bonds is 6. The molecule has 348 valence electrons. The van der Waals surface area contributed by atoms with Crippen molar-refractivity contribution in [2.24, 2.45) is 0 Å². The largest absolute Gasteiger partial charge is 0.458 e. The van der Waals surface area contributed by atoms with Gasteiger partial charge in [-0.2, -0.15) is 0 Å². The summed E-state index contributed by atoms with van der Waals surface area (Å²) in [4.78, 5) is 67.3. The van der Waals surface area contributed by atoms with Gasteiger partial charge in [0.25, 0.3) is 0 Å². The van der Waals surface area contributed by atoms with Gasteiger partial charge in [0.05, 0.1) is 0 Å². The second kappa shape index (κ2) is 20.5. The average molecular weight is 889 g/mol. The summed E-state index contributed by atoms with van der Waals surface area (Å²) in [6, 6.07) is 35.0. The first-order chi connectivity index (χ1) is 30.3. The second-order valence-electron chi connectivity index (χ2n) is 20.9. The fraction of sp³-hybridized carbons (Fsp3) is 0.463. The number of hydrogen-bond donors (Lipinski definition) is 0. The van der Waals surface area contributed by atoms with Crippen molar-refractivity contribution < 1.29 is 42.9 Å². The van der Waals surface area contributed by atoms with Crippen molar-refractivity contribution in [2.45, 2.75) is 155 Å². The van der Waals surface area contributed by atoms with Crippen molar-refractivity contribution in [3.63, 3.8) is 0 Å². The molecule has 0 aromatic heterocycles. The normalized spacial score (nSPS) is 19.3. The van der Waals surface area contributed by atoms with Gasteiger partial charge >= 0.3 is 24.1 Å². The van der Waals surface area contributed by atoms with Gasteiger partial charge in [0.1, 0.15) is 34.5 Å². The van der Waals surface area contributed by atoms with E-state index in [4.69, 9.17) is 18.9 Å². The molecule has 3 amide bonds. The van der Waals surface area contributed by atoms with E-state index in [9.17, 15) is 24.0 Å². The van der Waals surface area contributed by atoms with Gasteiger partial charge in [-0.1, -0.05) is 109 Å². The maximum Gasteiger partial charge on any atom is 0.417 e. The van der Waals surface area contributed by atoms with Crippen LogP contribution < -0.4 is 0 Å². The molecule has 2 saturated heterocycles. The molecule has 0 aliphatic carbocycles. The summed E-state index contributed by atoms with van der Waals surface area (Å²) in [5.74, 6) is -1.47. The molecule has 2 aliphatic heterocycles. The van der Waals surface area contributed by atoms with Gasteiger partial charge in [-0.3, -0.25) is 9.69 Å². The van der Waals surface area contributed by atoms with Crippen LogP contribution in [0.5, 0.6) is 0 Å². The van der Waals surface area contributed by atoms with Crippen LogP contribution in [0.25, 0.3) is 22.3 Å². The lowest BCUT2D eigenvalue weighted by Gasteiger charge is -2.39. The molecule has 6 rings (SSSR count). The third-order valence-electron chi connectivity index (χ3n) is 10.7. The molecular formula is C54H68N2O9. The first-order valence-corrected chi connectivity index (χ1v) is 22.6. The topological polar surface area (TPSA) is 129 Å². The van der Waals surface area contributed by atoms with E-state index in [0.717, 1.165) is 33.6 Å². The highest BCUT2D eigenvalue weighted by molar-refractivity contribution is 5.98. The Morgan fingerprint density at radius 2 is 0.831 bits per heavy atom. The van der Waals surface area contributed by atoms with Crippen molar-refractivity contribution in [3.8, 4) is 22.3 Å². The summed E-state index contributed by atoms with van der Waals surface area (Å²) in [6.07, 6.45) is 0.392. The van der Waals surface area contributed by atoms with Gasteiger partial charge in [0.2, 0.25) is 5.91 Å². The van der Waals surface area contributed by atoms with Crippen LogP contribution in [0.1, 0.15) is 132 Å². The number of likely N-dealkylation sites (tertiary alicyclic amines) is 2. The van der Waals surface area contributed by atoms with E-state index >= 15 is 0 Å². The number of nitrogens with zero attached hydrogens (tertiary/aromatic N) is 2. The van der Waals surface area contributed by atoms with Gasteiger partial charge in [0.15, 0.2) is 0 Å². The quantitative estimate of drug-likeness (QED) is 0.137. The summed E-state index contributed by atoms with van der Waals surface area (Å²) >= 11 is 0. The van der Waals surface area contributed by atoms with Crippen LogP contribution in [0.3, 0.4) is 0 Å². The maximum absolute atomic E-state index is 13.1. The lowest BCUT2D eigenvalue weighted by atomic mass is 9.84. The minimum Gasteiger partial charge on any atom is -0.458 e. The Kier molecular flexibility index (Phi) is 15.8. The average Bonchev–Trinajstić information content (AvgIpc) is 3.21. The van der Waals surface area contributed by atoms with Crippen LogP contribution in [0.15, 0.2) is 109 Å². The minimum atomic E-state index is -1.04. The van der Waals surface area contributed by atoms with E-state index < -0.39 is 58.6 Å².